The van der Waals surface area contributed by atoms with Gasteiger partial charge in [0.1, 0.15) is 0 Å². The van der Waals surface area contributed by atoms with Crippen LogP contribution in [0.15, 0.2) is 48.7 Å². The lowest BCUT2D eigenvalue weighted by atomic mass is 10.1. The molecule has 0 spiro atoms. The summed E-state index contributed by atoms with van der Waals surface area (Å²) < 4.78 is 0. The van der Waals surface area contributed by atoms with Gasteiger partial charge in [-0.25, -0.2) is 4.79 Å². The zero-order valence-electron chi connectivity index (χ0n) is 14.1. The van der Waals surface area contributed by atoms with Crippen LogP contribution in [0, 0.1) is 6.92 Å². The topological polar surface area (TPSA) is 48.5 Å². The second-order valence-electron chi connectivity index (χ2n) is 6.23. The van der Waals surface area contributed by atoms with E-state index in [0.29, 0.717) is 6.54 Å². The Morgan fingerprint density at radius 1 is 1.12 bits per heavy atom. The van der Waals surface area contributed by atoms with Gasteiger partial charge in [0.2, 0.25) is 0 Å². The molecule has 2 heterocycles. The highest BCUT2D eigenvalue weighted by atomic mass is 16.2. The Hall–Kier alpha value is -2.40. The van der Waals surface area contributed by atoms with Crippen LogP contribution in [0.5, 0.6) is 0 Å². The van der Waals surface area contributed by atoms with Crippen molar-refractivity contribution in [2.45, 2.75) is 20.0 Å². The number of carbonyl (C=O) groups excluding carboxylic acids is 1. The number of urea groups is 1. The Bertz CT molecular complexity index is 666. The minimum Gasteiger partial charge on any atom is -0.334 e. The molecule has 0 unspecified atom stereocenters. The van der Waals surface area contributed by atoms with Gasteiger partial charge in [0.05, 0.1) is 5.69 Å². The van der Waals surface area contributed by atoms with Gasteiger partial charge < -0.3 is 10.2 Å². The second-order valence-corrected chi connectivity index (χ2v) is 6.23. The summed E-state index contributed by atoms with van der Waals surface area (Å²) in [6.45, 7) is 6.77. The number of nitrogens with one attached hydrogen (secondary N) is 1. The van der Waals surface area contributed by atoms with Gasteiger partial charge in [0.15, 0.2) is 0 Å². The highest BCUT2D eigenvalue weighted by molar-refractivity contribution is 5.74. The van der Waals surface area contributed by atoms with Gasteiger partial charge in [-0.2, -0.15) is 0 Å². The van der Waals surface area contributed by atoms with Crippen LogP contribution in [0.1, 0.15) is 16.8 Å². The Labute approximate surface area is 143 Å². The fraction of sp³-hybridized carbons (Fsp3) is 0.368. The van der Waals surface area contributed by atoms with Gasteiger partial charge in [0, 0.05) is 45.5 Å². The van der Waals surface area contributed by atoms with Gasteiger partial charge in [-0.1, -0.05) is 35.9 Å². The molecule has 0 aliphatic carbocycles. The number of hydrogen-bond donors (Lipinski definition) is 1. The molecule has 0 bridgehead atoms. The maximum Gasteiger partial charge on any atom is 0.317 e. The maximum absolute atomic E-state index is 12.3. The zero-order valence-corrected chi connectivity index (χ0v) is 14.1. The van der Waals surface area contributed by atoms with Gasteiger partial charge in [-0.05, 0) is 24.6 Å². The molecular formula is C19H24N4O. The molecule has 2 aromatic rings. The van der Waals surface area contributed by atoms with Crippen molar-refractivity contribution in [1.82, 2.24) is 20.1 Å². The molecule has 126 valence electrons. The van der Waals surface area contributed by atoms with E-state index in [-0.39, 0.29) is 6.03 Å². The molecule has 1 aromatic carbocycles. The molecule has 1 saturated heterocycles. The highest BCUT2D eigenvalue weighted by Gasteiger charge is 2.21. The quantitative estimate of drug-likeness (QED) is 0.939. The lowest BCUT2D eigenvalue weighted by Gasteiger charge is -2.34. The van der Waals surface area contributed by atoms with Crippen LogP contribution in [-0.4, -0.2) is 47.0 Å². The lowest BCUT2D eigenvalue weighted by molar-refractivity contribution is 0.134. The first-order valence-corrected chi connectivity index (χ1v) is 8.41. The van der Waals surface area contributed by atoms with E-state index in [1.165, 1.54) is 5.56 Å². The molecule has 1 fully saturated rings. The van der Waals surface area contributed by atoms with E-state index in [1.807, 2.05) is 41.4 Å². The van der Waals surface area contributed by atoms with Crippen LogP contribution in [0.4, 0.5) is 4.79 Å². The number of aromatic nitrogens is 1. The zero-order chi connectivity index (χ0) is 16.8. The Balaban J connectivity index is 1.43. The molecular weight excluding hydrogens is 300 g/mol. The van der Waals surface area contributed by atoms with Gasteiger partial charge >= 0.3 is 6.03 Å². The minimum atomic E-state index is 0.0222. The average molecular weight is 324 g/mol. The predicted molar refractivity (Wildman–Crippen MR) is 94.5 cm³/mol. The number of pyridine rings is 1. The Kier molecular flexibility index (Phi) is 5.43. The number of amides is 2. The number of carbonyl (C=O) groups is 1. The molecule has 0 saturated carbocycles. The second kappa shape index (κ2) is 7.93. The molecule has 0 atom stereocenters. The largest absolute Gasteiger partial charge is 0.334 e. The Morgan fingerprint density at radius 2 is 1.96 bits per heavy atom. The first-order valence-electron chi connectivity index (χ1n) is 8.41. The number of benzene rings is 1. The van der Waals surface area contributed by atoms with Crippen LogP contribution in [0.25, 0.3) is 0 Å². The molecule has 1 N–H and O–H groups in total. The number of nitrogens with zero attached hydrogens (tertiary/aromatic N) is 3. The molecule has 5 nitrogen and oxygen atoms in total. The molecule has 2 amide bonds. The van der Waals surface area contributed by atoms with Crippen molar-refractivity contribution in [3.05, 3.63) is 65.5 Å². The van der Waals surface area contributed by atoms with E-state index in [4.69, 9.17) is 0 Å². The van der Waals surface area contributed by atoms with Gasteiger partial charge in [0.25, 0.3) is 0 Å². The third-order valence-electron chi connectivity index (χ3n) is 4.30. The number of aryl methyl sites for hydroxylation is 1. The van der Waals surface area contributed by atoms with E-state index in [0.717, 1.165) is 44.0 Å². The van der Waals surface area contributed by atoms with E-state index in [2.05, 4.69) is 34.3 Å². The van der Waals surface area contributed by atoms with Crippen LogP contribution in [0.2, 0.25) is 0 Å². The summed E-state index contributed by atoms with van der Waals surface area (Å²) >= 11 is 0. The van der Waals surface area contributed by atoms with Crippen LogP contribution < -0.4 is 5.32 Å². The van der Waals surface area contributed by atoms with Crippen molar-refractivity contribution in [1.29, 1.82) is 0 Å². The van der Waals surface area contributed by atoms with Gasteiger partial charge in [-0.3, -0.25) is 9.88 Å². The highest BCUT2D eigenvalue weighted by Crippen LogP contribution is 2.08. The van der Waals surface area contributed by atoms with Crippen LogP contribution in [0.3, 0.4) is 0 Å². The summed E-state index contributed by atoms with van der Waals surface area (Å²) in [6, 6.07) is 14.2. The van der Waals surface area contributed by atoms with Crippen molar-refractivity contribution in [2.24, 2.45) is 0 Å². The SMILES string of the molecule is Cc1cccc(CNC(=O)N2CCN(Cc3ccccn3)CC2)c1. The molecule has 3 rings (SSSR count). The van der Waals surface area contributed by atoms with Crippen LogP contribution >= 0.6 is 0 Å². The van der Waals surface area contributed by atoms with Crippen molar-refractivity contribution < 1.29 is 4.79 Å². The number of rotatable bonds is 4. The summed E-state index contributed by atoms with van der Waals surface area (Å²) in [5, 5.41) is 3.02. The fourth-order valence-corrected chi connectivity index (χ4v) is 2.94. The standard InChI is InChI=1S/C19H24N4O/c1-16-5-4-6-17(13-16)14-21-19(24)23-11-9-22(10-12-23)15-18-7-2-3-8-20-18/h2-8,13H,9-12,14-15H2,1H3,(H,21,24). The molecule has 24 heavy (non-hydrogen) atoms. The average Bonchev–Trinajstić information content (AvgIpc) is 2.61. The summed E-state index contributed by atoms with van der Waals surface area (Å²) in [5.74, 6) is 0. The minimum absolute atomic E-state index is 0.0222. The Morgan fingerprint density at radius 3 is 2.67 bits per heavy atom. The summed E-state index contributed by atoms with van der Waals surface area (Å²) in [5.41, 5.74) is 3.43. The molecule has 1 aromatic heterocycles. The van der Waals surface area contributed by atoms with E-state index < -0.39 is 0 Å². The maximum atomic E-state index is 12.3. The molecule has 1 aliphatic heterocycles. The molecule has 0 radical (unpaired) electrons. The third-order valence-corrected chi connectivity index (χ3v) is 4.30. The number of piperazine rings is 1. The normalized spacial score (nSPS) is 15.3. The smallest absolute Gasteiger partial charge is 0.317 e. The fourth-order valence-electron chi connectivity index (χ4n) is 2.94. The van der Waals surface area contributed by atoms with Gasteiger partial charge in [-0.15, -0.1) is 0 Å². The summed E-state index contributed by atoms with van der Waals surface area (Å²) in [7, 11) is 0. The third kappa shape index (κ3) is 4.55. The number of hydrogen-bond acceptors (Lipinski definition) is 3. The van der Waals surface area contributed by atoms with Crippen molar-refractivity contribution in [3.8, 4) is 0 Å². The monoisotopic (exact) mass is 324 g/mol. The van der Waals surface area contributed by atoms with Crippen molar-refractivity contribution >= 4 is 6.03 Å². The summed E-state index contributed by atoms with van der Waals surface area (Å²) in [6.07, 6.45) is 1.82. The lowest BCUT2D eigenvalue weighted by Crippen LogP contribution is -2.51. The molecule has 1 aliphatic rings. The first kappa shape index (κ1) is 16.5. The first-order chi connectivity index (χ1) is 11.7. The van der Waals surface area contributed by atoms with Crippen molar-refractivity contribution in [2.75, 3.05) is 26.2 Å². The van der Waals surface area contributed by atoms with E-state index in [9.17, 15) is 4.79 Å². The van der Waals surface area contributed by atoms with E-state index in [1.54, 1.807) is 0 Å². The summed E-state index contributed by atoms with van der Waals surface area (Å²) in [4.78, 5) is 20.9. The van der Waals surface area contributed by atoms with Crippen LogP contribution in [-0.2, 0) is 13.1 Å². The van der Waals surface area contributed by atoms with Crippen molar-refractivity contribution in [3.63, 3.8) is 0 Å². The van der Waals surface area contributed by atoms with E-state index >= 15 is 0 Å². The predicted octanol–water partition coefficient (Wildman–Crippen LogP) is 2.42. The molecule has 5 heteroatoms.